The lowest BCUT2D eigenvalue weighted by Crippen LogP contribution is -1.98. The second kappa shape index (κ2) is 6.44. The Morgan fingerprint density at radius 2 is 1.13 bits per heavy atom. The predicted octanol–water partition coefficient (Wildman–Crippen LogP) is 6.97. The lowest BCUT2D eigenvalue weighted by atomic mass is 9.88. The van der Waals surface area contributed by atoms with Crippen LogP contribution in [0.4, 0.5) is 0 Å². The van der Waals surface area contributed by atoms with E-state index in [2.05, 4.69) is 60.4 Å². The van der Waals surface area contributed by atoms with Crippen LogP contribution >= 0.6 is 0 Å². The van der Waals surface area contributed by atoms with E-state index in [1.54, 1.807) is 0 Å². The van der Waals surface area contributed by atoms with Crippen LogP contribution < -0.4 is 0 Å². The van der Waals surface area contributed by atoms with Crippen LogP contribution in [0.2, 0.25) is 0 Å². The molecule has 0 N–H and O–H groups in total. The molecule has 6 aromatic carbocycles. The predicted molar refractivity (Wildman–Crippen MR) is 125 cm³/mol. The molecule has 6 aromatic rings. The summed E-state index contributed by atoms with van der Waals surface area (Å²) >= 11 is 0. The molecule has 0 aliphatic carbocycles. The zero-order valence-corrected chi connectivity index (χ0v) is 16.1. The number of hydrogen-bond donors (Lipinski definition) is 0. The first-order valence-electron chi connectivity index (χ1n) is 10.0. The van der Waals surface area contributed by atoms with E-state index in [9.17, 15) is 4.79 Å². The summed E-state index contributed by atoms with van der Waals surface area (Å²) in [4.78, 5) is 13.0. The number of benzene rings is 6. The third-order valence-electron chi connectivity index (χ3n) is 5.86. The van der Waals surface area contributed by atoms with E-state index in [1.807, 2.05) is 48.5 Å². The summed E-state index contributed by atoms with van der Waals surface area (Å²) in [5.41, 5.74) is 1.50. The smallest absolute Gasteiger partial charge is 0.236 e. The second-order valence-electron chi connectivity index (χ2n) is 7.54. The zero-order valence-electron chi connectivity index (χ0n) is 16.1. The minimum absolute atomic E-state index is 0.153. The molecule has 0 fully saturated rings. The average molecular weight is 380 g/mol. The first-order chi connectivity index (χ1) is 14.8. The third kappa shape index (κ3) is 2.41. The van der Waals surface area contributed by atoms with Crippen LogP contribution in [0.15, 0.2) is 97.1 Å². The van der Waals surface area contributed by atoms with Crippen molar-refractivity contribution in [2.24, 2.45) is 0 Å². The van der Waals surface area contributed by atoms with Crippen molar-refractivity contribution >= 4 is 48.9 Å². The van der Waals surface area contributed by atoms with Crippen LogP contribution in [0.25, 0.3) is 43.1 Å². The highest BCUT2D eigenvalue weighted by molar-refractivity contribution is 6.35. The van der Waals surface area contributed by atoms with Crippen LogP contribution in [0.5, 0.6) is 0 Å². The Labute approximate surface area is 173 Å². The number of ketones is 1. The number of carbonyl (C=O) groups is 1. The molecule has 0 unspecified atom stereocenters. The van der Waals surface area contributed by atoms with Crippen molar-refractivity contribution in [2.75, 3.05) is 0 Å². The minimum atomic E-state index is -0.153. The molecular weight excluding hydrogens is 364 g/mol. The van der Waals surface area contributed by atoms with Crippen molar-refractivity contribution in [3.63, 3.8) is 0 Å². The lowest BCUT2D eigenvalue weighted by molar-refractivity contribution is 0.105. The van der Waals surface area contributed by atoms with Crippen molar-refractivity contribution in [1.29, 1.82) is 0 Å². The monoisotopic (exact) mass is 380 g/mol. The number of carbonyl (C=O) groups excluding carboxylic acids is 1. The first kappa shape index (κ1) is 16.8. The molecule has 0 amide bonds. The van der Waals surface area contributed by atoms with Crippen molar-refractivity contribution in [3.8, 4) is 11.8 Å². The Kier molecular flexibility index (Phi) is 3.60. The molecule has 1 nitrogen and oxygen atoms in total. The van der Waals surface area contributed by atoms with Gasteiger partial charge in [-0.1, -0.05) is 84.8 Å². The topological polar surface area (TPSA) is 17.1 Å². The quantitative estimate of drug-likeness (QED) is 0.130. The van der Waals surface area contributed by atoms with Gasteiger partial charge in [0.25, 0.3) is 0 Å². The highest BCUT2D eigenvalue weighted by atomic mass is 16.1. The van der Waals surface area contributed by atoms with Crippen LogP contribution in [-0.2, 0) is 0 Å². The molecule has 0 radical (unpaired) electrons. The molecule has 1 heteroatoms. The van der Waals surface area contributed by atoms with Gasteiger partial charge in [-0.25, -0.2) is 0 Å². The molecule has 0 atom stereocenters. The Balaban J connectivity index is 1.66. The summed E-state index contributed by atoms with van der Waals surface area (Å²) in [6.07, 6.45) is 0. The van der Waals surface area contributed by atoms with Gasteiger partial charge >= 0.3 is 0 Å². The van der Waals surface area contributed by atoms with E-state index >= 15 is 0 Å². The molecule has 0 aliphatic heterocycles. The van der Waals surface area contributed by atoms with Gasteiger partial charge in [0.15, 0.2) is 0 Å². The third-order valence-corrected chi connectivity index (χ3v) is 5.86. The number of rotatable bonds is 1. The maximum Gasteiger partial charge on any atom is 0.236 e. The zero-order chi connectivity index (χ0) is 20.1. The number of hydrogen-bond acceptors (Lipinski definition) is 1. The molecule has 0 saturated heterocycles. The van der Waals surface area contributed by atoms with E-state index in [0.29, 0.717) is 5.56 Å². The SMILES string of the molecule is O=C(C#Cc1ccccc1)c1ccc2c3cccc4cccc(c5cccc1c52)c43. The van der Waals surface area contributed by atoms with E-state index in [-0.39, 0.29) is 5.78 Å². The molecule has 0 saturated carbocycles. The Morgan fingerprint density at radius 1 is 0.533 bits per heavy atom. The van der Waals surface area contributed by atoms with Gasteiger partial charge in [0.05, 0.1) is 0 Å². The fourth-order valence-corrected chi connectivity index (χ4v) is 4.56. The molecule has 0 spiro atoms. The maximum atomic E-state index is 13.0. The summed E-state index contributed by atoms with van der Waals surface area (Å²) in [5.74, 6) is 5.68. The van der Waals surface area contributed by atoms with Gasteiger partial charge in [0.2, 0.25) is 5.78 Å². The molecule has 6 rings (SSSR count). The van der Waals surface area contributed by atoms with Crippen molar-refractivity contribution in [2.45, 2.75) is 0 Å². The summed E-state index contributed by atoms with van der Waals surface area (Å²) in [6.45, 7) is 0. The van der Waals surface area contributed by atoms with Crippen LogP contribution in [0.3, 0.4) is 0 Å². The molecule has 0 bridgehead atoms. The van der Waals surface area contributed by atoms with E-state index in [0.717, 1.165) is 16.3 Å². The first-order valence-corrected chi connectivity index (χ1v) is 10.0. The summed E-state index contributed by atoms with van der Waals surface area (Å²) < 4.78 is 0. The summed E-state index contributed by atoms with van der Waals surface area (Å²) in [5, 5.41) is 9.42. The largest absolute Gasteiger partial charge is 0.279 e. The van der Waals surface area contributed by atoms with E-state index in [4.69, 9.17) is 0 Å². The highest BCUT2D eigenvalue weighted by Gasteiger charge is 2.16. The highest BCUT2D eigenvalue weighted by Crippen LogP contribution is 2.40. The maximum absolute atomic E-state index is 13.0. The van der Waals surface area contributed by atoms with Gasteiger partial charge in [-0.15, -0.1) is 0 Å². The molecule has 0 aliphatic rings. The Bertz CT molecular complexity index is 1600. The second-order valence-corrected chi connectivity index (χ2v) is 7.54. The Hall–Kier alpha value is -4.15. The van der Waals surface area contributed by atoms with E-state index < -0.39 is 0 Å². The van der Waals surface area contributed by atoms with Gasteiger partial charge in [0, 0.05) is 11.1 Å². The molecule has 0 heterocycles. The number of Topliss-reactive ketones (excluding diaryl/α,β-unsaturated/α-hetero) is 1. The van der Waals surface area contributed by atoms with Crippen molar-refractivity contribution in [3.05, 3.63) is 108 Å². The summed E-state index contributed by atoms with van der Waals surface area (Å²) in [7, 11) is 0. The van der Waals surface area contributed by atoms with Gasteiger partial charge in [-0.3, -0.25) is 4.79 Å². The fourth-order valence-electron chi connectivity index (χ4n) is 4.56. The van der Waals surface area contributed by atoms with E-state index in [1.165, 1.54) is 32.3 Å². The fraction of sp³-hybridized carbons (Fsp3) is 0. The molecule has 138 valence electrons. The molecular formula is C29H16O. The van der Waals surface area contributed by atoms with Gasteiger partial charge < -0.3 is 0 Å². The normalized spacial score (nSPS) is 11.2. The van der Waals surface area contributed by atoms with Crippen LogP contribution in [0.1, 0.15) is 15.9 Å². The van der Waals surface area contributed by atoms with Gasteiger partial charge in [-0.2, -0.15) is 0 Å². The summed E-state index contributed by atoms with van der Waals surface area (Å²) in [6, 6.07) is 32.7. The van der Waals surface area contributed by atoms with Crippen molar-refractivity contribution in [1.82, 2.24) is 0 Å². The average Bonchev–Trinajstić information content (AvgIpc) is 2.81. The van der Waals surface area contributed by atoms with Crippen LogP contribution in [-0.4, -0.2) is 5.78 Å². The van der Waals surface area contributed by atoms with Gasteiger partial charge in [0.1, 0.15) is 0 Å². The van der Waals surface area contributed by atoms with Crippen molar-refractivity contribution < 1.29 is 4.79 Å². The molecule has 0 aromatic heterocycles. The standard InChI is InChI=1S/C29H16O/c30-27(18-15-19-7-2-1-3-8-19)21-16-17-26-24-12-5-10-20-9-4-11-23(28(20)24)25-14-6-13-22(21)29(25)26/h1-14,16-17H. The van der Waals surface area contributed by atoms with Gasteiger partial charge in [-0.05, 0) is 67.2 Å². The minimum Gasteiger partial charge on any atom is -0.279 e. The van der Waals surface area contributed by atoms with Crippen LogP contribution in [0, 0.1) is 11.8 Å². The number of fused-ring (bicyclic) bond motifs is 2. The Morgan fingerprint density at radius 3 is 1.87 bits per heavy atom. The lowest BCUT2D eigenvalue weighted by Gasteiger charge is -2.15. The molecule has 30 heavy (non-hydrogen) atoms.